The fourth-order valence-corrected chi connectivity index (χ4v) is 2.42. The molecule has 0 radical (unpaired) electrons. The Hall–Kier alpha value is -1.31. The number of hydrogen-bond donors (Lipinski definition) is 2. The van der Waals surface area contributed by atoms with Crippen molar-refractivity contribution in [3.63, 3.8) is 0 Å². The largest absolute Gasteiger partial charge is 0.481 e. The first kappa shape index (κ1) is 15.1. The molecule has 2 aliphatic rings. The fraction of sp³-hybridized carbons (Fsp3) is 0.833. The van der Waals surface area contributed by atoms with Crippen LogP contribution in [0.3, 0.4) is 0 Å². The van der Waals surface area contributed by atoms with Crippen molar-refractivity contribution in [2.24, 2.45) is 5.92 Å². The summed E-state index contributed by atoms with van der Waals surface area (Å²) < 4.78 is 38.0. The highest BCUT2D eigenvalue weighted by atomic mass is 19.4. The molecule has 1 aliphatic heterocycles. The summed E-state index contributed by atoms with van der Waals surface area (Å²) in [7, 11) is 0. The quantitative estimate of drug-likeness (QED) is 0.811. The van der Waals surface area contributed by atoms with Gasteiger partial charge in [-0.05, 0) is 25.7 Å². The van der Waals surface area contributed by atoms with Crippen LogP contribution in [0.4, 0.5) is 13.2 Å². The van der Waals surface area contributed by atoms with Gasteiger partial charge in [-0.2, -0.15) is 13.2 Å². The molecule has 114 valence electrons. The van der Waals surface area contributed by atoms with Crippen molar-refractivity contribution in [3.8, 4) is 0 Å². The molecular weight excluding hydrogens is 277 g/mol. The molecule has 1 saturated heterocycles. The van der Waals surface area contributed by atoms with Crippen LogP contribution >= 0.6 is 0 Å². The van der Waals surface area contributed by atoms with Crippen LogP contribution in [0.2, 0.25) is 0 Å². The first-order valence-corrected chi connectivity index (χ1v) is 6.57. The van der Waals surface area contributed by atoms with Gasteiger partial charge in [-0.1, -0.05) is 0 Å². The molecule has 20 heavy (non-hydrogen) atoms. The molecule has 1 aliphatic carbocycles. The predicted molar refractivity (Wildman–Crippen MR) is 63.0 cm³/mol. The lowest BCUT2D eigenvalue weighted by atomic mass is 9.97. The molecule has 5 nitrogen and oxygen atoms in total. The number of nitrogens with zero attached hydrogens (tertiary/aromatic N) is 1. The van der Waals surface area contributed by atoms with Gasteiger partial charge in [0, 0.05) is 13.1 Å². The highest BCUT2D eigenvalue weighted by molar-refractivity contribution is 5.79. The molecule has 1 heterocycles. The van der Waals surface area contributed by atoms with Gasteiger partial charge < -0.3 is 10.0 Å². The Balaban J connectivity index is 1.78. The molecule has 8 heteroatoms. The molecule has 1 saturated carbocycles. The minimum atomic E-state index is -4.33. The van der Waals surface area contributed by atoms with E-state index in [4.69, 9.17) is 5.11 Å². The third kappa shape index (κ3) is 3.05. The lowest BCUT2D eigenvalue weighted by Gasteiger charge is -2.31. The standard InChI is InChI=1S/C12H17F3N2O3/c13-12(14,15)11(3-4-11)16-7-9(18)17-5-1-8(2-6-17)10(19)20/h8,16H,1-7H2,(H,19,20). The molecule has 0 unspecified atom stereocenters. The Morgan fingerprint density at radius 1 is 1.25 bits per heavy atom. The van der Waals surface area contributed by atoms with E-state index in [2.05, 4.69) is 5.32 Å². The summed E-state index contributed by atoms with van der Waals surface area (Å²) in [6.45, 7) is 0.226. The van der Waals surface area contributed by atoms with Crippen LogP contribution in [-0.2, 0) is 9.59 Å². The lowest BCUT2D eigenvalue weighted by Crippen LogP contribution is -2.50. The third-order valence-electron chi connectivity index (χ3n) is 4.07. The van der Waals surface area contributed by atoms with Crippen molar-refractivity contribution in [2.45, 2.75) is 37.4 Å². The van der Waals surface area contributed by atoms with Crippen LogP contribution in [0.15, 0.2) is 0 Å². The van der Waals surface area contributed by atoms with Gasteiger partial charge in [0.1, 0.15) is 5.54 Å². The van der Waals surface area contributed by atoms with E-state index in [0.29, 0.717) is 12.8 Å². The molecule has 1 amide bonds. The van der Waals surface area contributed by atoms with Gasteiger partial charge in [0.2, 0.25) is 5.91 Å². The maximum Gasteiger partial charge on any atom is 0.406 e. The van der Waals surface area contributed by atoms with Crippen LogP contribution in [0.1, 0.15) is 25.7 Å². The van der Waals surface area contributed by atoms with Gasteiger partial charge in [0.05, 0.1) is 12.5 Å². The maximum atomic E-state index is 12.7. The van der Waals surface area contributed by atoms with Gasteiger partial charge in [-0.3, -0.25) is 14.9 Å². The number of amides is 1. The zero-order chi connectivity index (χ0) is 15.0. The van der Waals surface area contributed by atoms with E-state index in [9.17, 15) is 22.8 Å². The third-order valence-corrected chi connectivity index (χ3v) is 4.07. The van der Waals surface area contributed by atoms with E-state index in [1.807, 2.05) is 0 Å². The van der Waals surface area contributed by atoms with E-state index < -0.39 is 29.5 Å². The van der Waals surface area contributed by atoms with Crippen molar-refractivity contribution in [1.82, 2.24) is 10.2 Å². The summed E-state index contributed by atoms with van der Waals surface area (Å²) in [5, 5.41) is 11.1. The average Bonchev–Trinajstić information content (AvgIpc) is 3.16. The van der Waals surface area contributed by atoms with Crippen molar-refractivity contribution in [3.05, 3.63) is 0 Å². The Morgan fingerprint density at radius 2 is 1.80 bits per heavy atom. The van der Waals surface area contributed by atoms with Crippen LogP contribution in [0.5, 0.6) is 0 Å². The van der Waals surface area contributed by atoms with Crippen LogP contribution in [0, 0.1) is 5.92 Å². The summed E-state index contributed by atoms with van der Waals surface area (Å²) in [5.41, 5.74) is -1.89. The summed E-state index contributed by atoms with van der Waals surface area (Å²) in [4.78, 5) is 24.0. The number of halogens is 3. The first-order chi connectivity index (χ1) is 9.25. The number of aliphatic carboxylic acids is 1. The van der Waals surface area contributed by atoms with Crippen molar-refractivity contribution < 1.29 is 27.9 Å². The monoisotopic (exact) mass is 294 g/mol. The number of nitrogens with one attached hydrogen (secondary N) is 1. The number of rotatable bonds is 4. The molecule has 2 N–H and O–H groups in total. The van der Waals surface area contributed by atoms with Gasteiger partial charge in [-0.25, -0.2) is 0 Å². The van der Waals surface area contributed by atoms with Crippen LogP contribution in [-0.4, -0.2) is 53.2 Å². The predicted octanol–water partition coefficient (Wildman–Crippen LogP) is 0.994. The van der Waals surface area contributed by atoms with Crippen molar-refractivity contribution in [2.75, 3.05) is 19.6 Å². The molecule has 0 atom stereocenters. The first-order valence-electron chi connectivity index (χ1n) is 6.57. The van der Waals surface area contributed by atoms with Crippen LogP contribution < -0.4 is 5.32 Å². The SMILES string of the molecule is O=C(O)C1CCN(C(=O)CNC2(C(F)(F)F)CC2)CC1. The lowest BCUT2D eigenvalue weighted by molar-refractivity contribution is -0.167. The Morgan fingerprint density at radius 3 is 2.20 bits per heavy atom. The molecule has 2 rings (SSSR count). The van der Waals surface area contributed by atoms with E-state index in [1.54, 1.807) is 0 Å². The summed E-state index contributed by atoms with van der Waals surface area (Å²) in [5.74, 6) is -1.74. The van der Waals surface area contributed by atoms with Crippen molar-refractivity contribution >= 4 is 11.9 Å². The highest BCUT2D eigenvalue weighted by Crippen LogP contribution is 2.48. The Kier molecular flexibility index (Phi) is 3.95. The second kappa shape index (κ2) is 5.23. The van der Waals surface area contributed by atoms with Gasteiger partial charge in [0.15, 0.2) is 0 Å². The van der Waals surface area contributed by atoms with E-state index in [1.165, 1.54) is 4.90 Å². The number of carboxylic acids is 1. The minimum Gasteiger partial charge on any atom is -0.481 e. The molecule has 0 aromatic carbocycles. The van der Waals surface area contributed by atoms with Gasteiger partial charge >= 0.3 is 12.1 Å². The fourth-order valence-electron chi connectivity index (χ4n) is 2.42. The molecular formula is C12H17F3N2O3. The molecule has 0 bridgehead atoms. The van der Waals surface area contributed by atoms with Gasteiger partial charge in [-0.15, -0.1) is 0 Å². The summed E-state index contributed by atoms with van der Waals surface area (Å²) in [6.07, 6.45) is -3.61. The van der Waals surface area contributed by atoms with E-state index in [-0.39, 0.29) is 32.5 Å². The van der Waals surface area contributed by atoms with Gasteiger partial charge in [0.25, 0.3) is 0 Å². The second-order valence-electron chi connectivity index (χ2n) is 5.43. The number of likely N-dealkylation sites (tertiary alicyclic amines) is 1. The number of carbonyl (C=O) groups is 2. The molecule has 0 aromatic heterocycles. The normalized spacial score (nSPS) is 22.6. The zero-order valence-electron chi connectivity index (χ0n) is 10.9. The smallest absolute Gasteiger partial charge is 0.406 e. The number of hydrogen-bond acceptors (Lipinski definition) is 3. The minimum absolute atomic E-state index is 0.00483. The average molecular weight is 294 g/mol. The second-order valence-corrected chi connectivity index (χ2v) is 5.43. The molecule has 0 aromatic rings. The highest BCUT2D eigenvalue weighted by Gasteiger charge is 2.63. The topological polar surface area (TPSA) is 69.6 Å². The number of carboxylic acid groups (broad SMARTS) is 1. The van der Waals surface area contributed by atoms with Crippen molar-refractivity contribution in [1.29, 1.82) is 0 Å². The Labute approximate surface area is 114 Å². The Bertz CT molecular complexity index is 399. The van der Waals surface area contributed by atoms with E-state index >= 15 is 0 Å². The maximum absolute atomic E-state index is 12.7. The molecule has 2 fully saturated rings. The number of piperidine rings is 1. The number of alkyl halides is 3. The summed E-state index contributed by atoms with van der Waals surface area (Å²) >= 11 is 0. The van der Waals surface area contributed by atoms with Crippen LogP contribution in [0.25, 0.3) is 0 Å². The molecule has 0 spiro atoms. The number of carbonyl (C=O) groups excluding carboxylic acids is 1. The van der Waals surface area contributed by atoms with E-state index in [0.717, 1.165) is 0 Å². The zero-order valence-corrected chi connectivity index (χ0v) is 10.9. The summed E-state index contributed by atoms with van der Waals surface area (Å²) in [6, 6.07) is 0.